The number of Topliss-reactive ketones (excluding diaryl/α,β-unsaturated/α-hetero) is 1. The van der Waals surface area contributed by atoms with Gasteiger partial charge in [0, 0.05) is 18.9 Å². The molecule has 0 bridgehead atoms. The van der Waals surface area contributed by atoms with Crippen LogP contribution in [-0.4, -0.2) is 41.2 Å². The zero-order chi connectivity index (χ0) is 15.1. The number of rotatable bonds is 7. The Morgan fingerprint density at radius 1 is 1.40 bits per heavy atom. The second kappa shape index (κ2) is 7.75. The highest BCUT2D eigenvalue weighted by atomic mass is 16.2. The van der Waals surface area contributed by atoms with Crippen molar-refractivity contribution in [1.29, 1.82) is 0 Å². The molecule has 5 nitrogen and oxygen atoms in total. The fourth-order valence-electron chi connectivity index (χ4n) is 2.06. The number of aromatic nitrogens is 1. The maximum Gasteiger partial charge on any atom is 0.234 e. The van der Waals surface area contributed by atoms with Gasteiger partial charge in [-0.2, -0.15) is 0 Å². The molecule has 0 aliphatic heterocycles. The minimum Gasteiger partial charge on any atom is -0.345 e. The van der Waals surface area contributed by atoms with Crippen molar-refractivity contribution >= 4 is 11.7 Å². The lowest BCUT2D eigenvalue weighted by molar-refractivity contribution is -0.128. The summed E-state index contributed by atoms with van der Waals surface area (Å²) in [6.07, 6.45) is 3.50. The van der Waals surface area contributed by atoms with Crippen molar-refractivity contribution in [2.45, 2.75) is 33.4 Å². The smallest absolute Gasteiger partial charge is 0.234 e. The van der Waals surface area contributed by atoms with Crippen LogP contribution in [0.4, 0.5) is 0 Å². The summed E-state index contributed by atoms with van der Waals surface area (Å²) in [4.78, 5) is 29.3. The third kappa shape index (κ3) is 5.48. The molecule has 0 aliphatic carbocycles. The average Bonchev–Trinajstić information content (AvgIpc) is 2.36. The normalized spacial score (nSPS) is 12.5. The first-order valence-electron chi connectivity index (χ1n) is 6.77. The number of ketones is 1. The van der Waals surface area contributed by atoms with Crippen molar-refractivity contribution < 1.29 is 9.59 Å². The van der Waals surface area contributed by atoms with Gasteiger partial charge in [-0.15, -0.1) is 0 Å². The number of nitrogens with one attached hydrogen (secondary N) is 1. The van der Waals surface area contributed by atoms with Crippen LogP contribution in [0.1, 0.15) is 26.3 Å². The third-order valence-corrected chi connectivity index (χ3v) is 3.01. The molecule has 1 amide bonds. The Labute approximate surface area is 120 Å². The molecule has 0 aliphatic rings. The molecule has 1 unspecified atom stereocenters. The molecule has 0 spiro atoms. The minimum atomic E-state index is -0.408. The second-order valence-corrected chi connectivity index (χ2v) is 5.43. The third-order valence-electron chi connectivity index (χ3n) is 3.01. The van der Waals surface area contributed by atoms with Gasteiger partial charge in [0.1, 0.15) is 0 Å². The average molecular weight is 277 g/mol. The molecule has 5 heteroatoms. The molecule has 1 atom stereocenters. The maximum atomic E-state index is 11.9. The summed E-state index contributed by atoms with van der Waals surface area (Å²) in [5.74, 6) is -0.0476. The predicted molar refractivity (Wildman–Crippen MR) is 78.0 cm³/mol. The Morgan fingerprint density at radius 3 is 2.60 bits per heavy atom. The van der Waals surface area contributed by atoms with E-state index in [2.05, 4.69) is 10.3 Å². The van der Waals surface area contributed by atoms with Gasteiger partial charge in [-0.3, -0.25) is 19.5 Å². The molecule has 0 radical (unpaired) electrons. The van der Waals surface area contributed by atoms with Crippen LogP contribution in [0.5, 0.6) is 0 Å². The van der Waals surface area contributed by atoms with E-state index < -0.39 is 6.04 Å². The Bertz CT molecular complexity index is 446. The van der Waals surface area contributed by atoms with Crippen LogP contribution in [0.15, 0.2) is 24.5 Å². The van der Waals surface area contributed by atoms with Gasteiger partial charge in [0.25, 0.3) is 0 Å². The lowest BCUT2D eigenvalue weighted by atomic mass is 10.0. The molecule has 20 heavy (non-hydrogen) atoms. The van der Waals surface area contributed by atoms with E-state index >= 15 is 0 Å². The van der Waals surface area contributed by atoms with Crippen molar-refractivity contribution in [2.75, 3.05) is 13.6 Å². The number of carbonyl (C=O) groups excluding carboxylic acids is 2. The van der Waals surface area contributed by atoms with Gasteiger partial charge in [-0.05, 0) is 31.5 Å². The molecule has 0 saturated heterocycles. The Balaban J connectivity index is 2.47. The van der Waals surface area contributed by atoms with Gasteiger partial charge in [0.15, 0.2) is 5.78 Å². The predicted octanol–water partition coefficient (Wildman–Crippen LogP) is 1.24. The van der Waals surface area contributed by atoms with Crippen LogP contribution in [-0.2, 0) is 16.1 Å². The zero-order valence-corrected chi connectivity index (χ0v) is 12.6. The van der Waals surface area contributed by atoms with E-state index in [0.717, 1.165) is 5.56 Å². The molecule has 0 saturated carbocycles. The second-order valence-electron chi connectivity index (χ2n) is 5.43. The molecule has 1 aromatic heterocycles. The number of hydrogen-bond donors (Lipinski definition) is 1. The van der Waals surface area contributed by atoms with Crippen LogP contribution >= 0.6 is 0 Å². The van der Waals surface area contributed by atoms with Gasteiger partial charge >= 0.3 is 0 Å². The lowest BCUT2D eigenvalue weighted by Gasteiger charge is -2.22. The van der Waals surface area contributed by atoms with Crippen molar-refractivity contribution in [2.24, 2.45) is 5.92 Å². The summed E-state index contributed by atoms with van der Waals surface area (Å²) in [5, 5.41) is 2.79. The summed E-state index contributed by atoms with van der Waals surface area (Å²) < 4.78 is 0. The van der Waals surface area contributed by atoms with E-state index in [1.807, 2.05) is 37.9 Å². The molecule has 0 aromatic carbocycles. The molecule has 1 rings (SSSR count). The Hall–Kier alpha value is -1.75. The van der Waals surface area contributed by atoms with Gasteiger partial charge in [0.05, 0.1) is 12.6 Å². The molecular formula is C15H23N3O2. The van der Waals surface area contributed by atoms with Gasteiger partial charge in [-0.25, -0.2) is 0 Å². The molecule has 1 aromatic rings. The first-order chi connectivity index (χ1) is 9.40. The van der Waals surface area contributed by atoms with Crippen molar-refractivity contribution in [3.05, 3.63) is 30.1 Å². The quantitative estimate of drug-likeness (QED) is 0.814. The Morgan fingerprint density at radius 2 is 2.10 bits per heavy atom. The van der Waals surface area contributed by atoms with E-state index in [0.29, 0.717) is 6.54 Å². The van der Waals surface area contributed by atoms with Crippen molar-refractivity contribution in [1.82, 2.24) is 15.2 Å². The standard InChI is InChI=1S/C15H23N3O2/c1-11(2)15(12(3)19)17-14(20)10-18(4)9-13-6-5-7-16-8-13/h5-8,11,15H,9-10H2,1-4H3,(H,17,20). The van der Waals surface area contributed by atoms with Crippen molar-refractivity contribution in [3.63, 3.8) is 0 Å². The monoisotopic (exact) mass is 277 g/mol. The van der Waals surface area contributed by atoms with E-state index in [1.54, 1.807) is 12.4 Å². The van der Waals surface area contributed by atoms with E-state index in [-0.39, 0.29) is 24.2 Å². The first kappa shape index (κ1) is 16.3. The van der Waals surface area contributed by atoms with E-state index in [9.17, 15) is 9.59 Å². The summed E-state index contributed by atoms with van der Waals surface area (Å²) in [7, 11) is 1.87. The van der Waals surface area contributed by atoms with Gasteiger partial charge in [-0.1, -0.05) is 19.9 Å². The SMILES string of the molecule is CC(=O)C(NC(=O)CN(C)Cc1cccnc1)C(C)C. The molecule has 110 valence electrons. The van der Waals surface area contributed by atoms with E-state index in [4.69, 9.17) is 0 Å². The fraction of sp³-hybridized carbons (Fsp3) is 0.533. The number of amides is 1. The summed E-state index contributed by atoms with van der Waals surface area (Å²) in [6.45, 7) is 6.25. The molecule has 1 N–H and O–H groups in total. The number of hydrogen-bond acceptors (Lipinski definition) is 4. The minimum absolute atomic E-state index is 0.0109. The van der Waals surface area contributed by atoms with Crippen molar-refractivity contribution in [3.8, 4) is 0 Å². The van der Waals surface area contributed by atoms with Crippen LogP contribution in [0.2, 0.25) is 0 Å². The fourth-order valence-corrected chi connectivity index (χ4v) is 2.06. The number of carbonyl (C=O) groups is 2. The first-order valence-corrected chi connectivity index (χ1v) is 6.77. The molecule has 0 fully saturated rings. The largest absolute Gasteiger partial charge is 0.345 e. The number of pyridine rings is 1. The maximum absolute atomic E-state index is 11.9. The van der Waals surface area contributed by atoms with Gasteiger partial charge < -0.3 is 5.32 Å². The lowest BCUT2D eigenvalue weighted by Crippen LogP contribution is -2.46. The Kier molecular flexibility index (Phi) is 6.31. The van der Waals surface area contributed by atoms with Crippen LogP contribution in [0.25, 0.3) is 0 Å². The topological polar surface area (TPSA) is 62.3 Å². The highest BCUT2D eigenvalue weighted by molar-refractivity contribution is 5.88. The van der Waals surface area contributed by atoms with Crippen LogP contribution in [0, 0.1) is 5.92 Å². The summed E-state index contributed by atoms with van der Waals surface area (Å²) in [6, 6.07) is 3.43. The highest BCUT2D eigenvalue weighted by Crippen LogP contribution is 2.04. The van der Waals surface area contributed by atoms with E-state index in [1.165, 1.54) is 6.92 Å². The summed E-state index contributed by atoms with van der Waals surface area (Å²) >= 11 is 0. The number of nitrogens with zero attached hydrogens (tertiary/aromatic N) is 2. The zero-order valence-electron chi connectivity index (χ0n) is 12.6. The summed E-state index contributed by atoms with van der Waals surface area (Å²) in [5.41, 5.74) is 1.05. The van der Waals surface area contributed by atoms with Crippen LogP contribution < -0.4 is 5.32 Å². The van der Waals surface area contributed by atoms with Gasteiger partial charge in [0.2, 0.25) is 5.91 Å². The number of likely N-dealkylation sites (N-methyl/N-ethyl adjacent to an activating group) is 1. The molecule has 1 heterocycles. The molecular weight excluding hydrogens is 254 g/mol. The highest BCUT2D eigenvalue weighted by Gasteiger charge is 2.20. The van der Waals surface area contributed by atoms with Crippen LogP contribution in [0.3, 0.4) is 0 Å².